The van der Waals surface area contributed by atoms with Crippen molar-refractivity contribution in [2.45, 2.75) is 24.7 Å². The molecular weight excluding hydrogens is 426 g/mol. The zero-order valence-electron chi connectivity index (χ0n) is 18.1. The number of fused-ring (bicyclic) bond motifs is 1. The molecule has 2 saturated heterocycles. The molecule has 1 atom stereocenters. The van der Waals surface area contributed by atoms with Crippen LogP contribution in [0.5, 0.6) is 0 Å². The first-order valence-corrected chi connectivity index (χ1v) is 11.7. The maximum absolute atomic E-state index is 14.0. The monoisotopic (exact) mass is 453 g/mol. The Morgan fingerprint density at radius 1 is 1.03 bits per heavy atom. The lowest BCUT2D eigenvalue weighted by Crippen LogP contribution is -2.51. The van der Waals surface area contributed by atoms with Crippen molar-refractivity contribution in [2.75, 3.05) is 39.5 Å². The van der Waals surface area contributed by atoms with Gasteiger partial charge in [0.25, 0.3) is 0 Å². The molecule has 3 heterocycles. The third-order valence-electron chi connectivity index (χ3n) is 6.87. The van der Waals surface area contributed by atoms with Crippen molar-refractivity contribution < 1.29 is 18.7 Å². The van der Waals surface area contributed by atoms with Crippen LogP contribution in [0.3, 0.4) is 0 Å². The maximum atomic E-state index is 14.0. The van der Waals surface area contributed by atoms with Crippen LogP contribution in [0.25, 0.3) is 11.0 Å². The van der Waals surface area contributed by atoms with E-state index in [4.69, 9.17) is 25.5 Å². The number of nitrogens with zero attached hydrogens (tertiary/aromatic N) is 1. The number of ether oxygens (including phenoxy) is 2. The van der Waals surface area contributed by atoms with Crippen LogP contribution >= 0.6 is 11.6 Å². The molecule has 168 valence electrons. The average Bonchev–Trinajstić information content (AvgIpc) is 3.19. The Kier molecular flexibility index (Phi) is 6.22. The molecule has 0 radical (unpaired) electrons. The predicted molar refractivity (Wildman–Crippen MR) is 124 cm³/mol. The number of rotatable bonds is 4. The van der Waals surface area contributed by atoms with Gasteiger partial charge in [0.2, 0.25) is 5.91 Å². The molecule has 0 bridgehead atoms. The van der Waals surface area contributed by atoms with Crippen LogP contribution in [-0.4, -0.2) is 50.3 Å². The van der Waals surface area contributed by atoms with Gasteiger partial charge < -0.3 is 18.8 Å². The van der Waals surface area contributed by atoms with E-state index < -0.39 is 5.41 Å². The van der Waals surface area contributed by atoms with E-state index >= 15 is 0 Å². The lowest BCUT2D eigenvalue weighted by Gasteiger charge is -2.40. The van der Waals surface area contributed by atoms with E-state index in [0.717, 1.165) is 23.0 Å². The number of furan rings is 1. The summed E-state index contributed by atoms with van der Waals surface area (Å²) in [5.41, 5.74) is 2.59. The van der Waals surface area contributed by atoms with Crippen molar-refractivity contribution in [3.8, 4) is 0 Å². The van der Waals surface area contributed by atoms with Gasteiger partial charge in [0, 0.05) is 42.6 Å². The van der Waals surface area contributed by atoms with Gasteiger partial charge in [0.05, 0.1) is 24.9 Å². The highest BCUT2D eigenvalue weighted by Gasteiger charge is 2.44. The smallest absolute Gasteiger partial charge is 0.233 e. The lowest BCUT2D eigenvalue weighted by atomic mass is 9.73. The van der Waals surface area contributed by atoms with E-state index in [-0.39, 0.29) is 11.8 Å². The quantitative estimate of drug-likeness (QED) is 0.566. The molecule has 2 aliphatic rings. The summed E-state index contributed by atoms with van der Waals surface area (Å²) in [5, 5.41) is 1.82. The van der Waals surface area contributed by atoms with E-state index in [1.807, 2.05) is 47.4 Å². The Morgan fingerprint density at radius 2 is 1.84 bits per heavy atom. The molecule has 2 fully saturated rings. The summed E-state index contributed by atoms with van der Waals surface area (Å²) >= 11 is 6.13. The molecule has 1 aromatic heterocycles. The van der Waals surface area contributed by atoms with E-state index in [2.05, 4.69) is 6.07 Å². The lowest BCUT2D eigenvalue weighted by molar-refractivity contribution is -0.141. The predicted octanol–water partition coefficient (Wildman–Crippen LogP) is 4.85. The van der Waals surface area contributed by atoms with E-state index in [0.29, 0.717) is 57.4 Å². The van der Waals surface area contributed by atoms with Crippen LogP contribution in [0.15, 0.2) is 59.2 Å². The molecule has 0 spiro atoms. The van der Waals surface area contributed by atoms with Crippen molar-refractivity contribution in [3.05, 3.63) is 70.9 Å². The highest BCUT2D eigenvalue weighted by atomic mass is 35.5. The summed E-state index contributed by atoms with van der Waals surface area (Å²) in [6, 6.07) is 15.9. The maximum Gasteiger partial charge on any atom is 0.233 e. The average molecular weight is 454 g/mol. The van der Waals surface area contributed by atoms with Gasteiger partial charge in [-0.3, -0.25) is 4.79 Å². The molecule has 2 aliphatic heterocycles. The van der Waals surface area contributed by atoms with Gasteiger partial charge >= 0.3 is 0 Å². The minimum Gasteiger partial charge on any atom is -0.464 e. The first kappa shape index (κ1) is 21.5. The number of hydrogen-bond acceptors (Lipinski definition) is 4. The SMILES string of the molecule is O=C(N1CCOC[C@@H](Cc2cccc3occc23)C1)C1(c2ccc(Cl)cc2)CCOCC1. The van der Waals surface area contributed by atoms with Gasteiger partial charge in [-0.05, 0) is 54.7 Å². The Bertz CT molecular complexity index is 1070. The standard InChI is InChI=1S/C26H28ClNO4/c27-22-6-4-21(5-7-22)26(9-13-30-14-10-26)25(29)28-11-15-31-18-19(17-28)16-20-2-1-3-24-23(20)8-12-32-24/h1-8,12,19H,9-11,13-18H2/t19-/m0/s1. The van der Waals surface area contributed by atoms with Crippen LogP contribution in [0.2, 0.25) is 5.02 Å². The largest absolute Gasteiger partial charge is 0.464 e. The summed E-state index contributed by atoms with van der Waals surface area (Å²) in [5.74, 6) is 0.407. The number of hydrogen-bond donors (Lipinski definition) is 0. The second-order valence-corrected chi connectivity index (χ2v) is 9.28. The minimum atomic E-state index is -0.567. The minimum absolute atomic E-state index is 0.181. The molecule has 0 aliphatic carbocycles. The third-order valence-corrected chi connectivity index (χ3v) is 7.12. The first-order chi connectivity index (χ1) is 15.7. The van der Waals surface area contributed by atoms with Crippen LogP contribution < -0.4 is 0 Å². The van der Waals surface area contributed by atoms with Crippen molar-refractivity contribution in [1.29, 1.82) is 0 Å². The van der Waals surface area contributed by atoms with E-state index in [9.17, 15) is 4.79 Å². The van der Waals surface area contributed by atoms with E-state index in [1.165, 1.54) is 5.56 Å². The molecule has 6 heteroatoms. The van der Waals surface area contributed by atoms with Crippen molar-refractivity contribution >= 4 is 28.5 Å². The first-order valence-electron chi connectivity index (χ1n) is 11.3. The summed E-state index contributed by atoms with van der Waals surface area (Å²) in [6.07, 6.45) is 3.94. The summed E-state index contributed by atoms with van der Waals surface area (Å²) in [4.78, 5) is 16.1. The summed E-state index contributed by atoms with van der Waals surface area (Å²) in [7, 11) is 0. The van der Waals surface area contributed by atoms with Gasteiger partial charge in [-0.15, -0.1) is 0 Å². The topological polar surface area (TPSA) is 51.9 Å². The van der Waals surface area contributed by atoms with Gasteiger partial charge in [0.15, 0.2) is 0 Å². The normalized spacial score (nSPS) is 21.4. The molecule has 1 amide bonds. The number of benzene rings is 2. The zero-order valence-corrected chi connectivity index (χ0v) is 18.9. The Balaban J connectivity index is 1.40. The molecule has 5 nitrogen and oxygen atoms in total. The number of carbonyl (C=O) groups is 1. The van der Waals surface area contributed by atoms with Crippen molar-refractivity contribution in [2.24, 2.45) is 5.92 Å². The summed E-state index contributed by atoms with van der Waals surface area (Å²) in [6.45, 7) is 3.68. The van der Waals surface area contributed by atoms with Crippen molar-refractivity contribution in [1.82, 2.24) is 4.90 Å². The summed E-state index contributed by atoms with van der Waals surface area (Å²) < 4.78 is 17.1. The molecular formula is C26H28ClNO4. The molecule has 0 unspecified atom stereocenters. The van der Waals surface area contributed by atoms with Crippen LogP contribution in [-0.2, 0) is 26.1 Å². The fourth-order valence-corrected chi connectivity index (χ4v) is 5.28. The fourth-order valence-electron chi connectivity index (χ4n) is 5.15. The van der Waals surface area contributed by atoms with Crippen molar-refractivity contribution in [3.63, 3.8) is 0 Å². The van der Waals surface area contributed by atoms with Gasteiger partial charge in [-0.1, -0.05) is 35.9 Å². The number of amides is 1. The Morgan fingerprint density at radius 3 is 2.66 bits per heavy atom. The Labute approximate surface area is 193 Å². The van der Waals surface area contributed by atoms with Crippen LogP contribution in [0, 0.1) is 5.92 Å². The second-order valence-electron chi connectivity index (χ2n) is 8.85. The fraction of sp³-hybridized carbons (Fsp3) is 0.423. The van der Waals surface area contributed by atoms with Gasteiger partial charge in [-0.25, -0.2) is 0 Å². The van der Waals surface area contributed by atoms with Gasteiger partial charge in [0.1, 0.15) is 5.58 Å². The Hall–Kier alpha value is -2.34. The highest BCUT2D eigenvalue weighted by molar-refractivity contribution is 6.30. The molecule has 5 rings (SSSR count). The molecule has 0 saturated carbocycles. The molecule has 2 aromatic carbocycles. The second kappa shape index (κ2) is 9.26. The van der Waals surface area contributed by atoms with Crippen LogP contribution in [0.1, 0.15) is 24.0 Å². The molecule has 3 aromatic rings. The number of halogens is 1. The third kappa shape index (κ3) is 4.17. The van der Waals surface area contributed by atoms with Gasteiger partial charge in [-0.2, -0.15) is 0 Å². The van der Waals surface area contributed by atoms with E-state index in [1.54, 1.807) is 6.26 Å². The van der Waals surface area contributed by atoms with Crippen LogP contribution in [0.4, 0.5) is 0 Å². The highest BCUT2D eigenvalue weighted by Crippen LogP contribution is 2.38. The number of carbonyl (C=O) groups excluding carboxylic acids is 1. The molecule has 0 N–H and O–H groups in total. The zero-order chi connectivity index (χ0) is 22.0. The molecule has 32 heavy (non-hydrogen) atoms.